The molecule has 1 amide bonds. The predicted octanol–water partition coefficient (Wildman–Crippen LogP) is 1.83. The molecule has 3 aromatic rings. The Hall–Kier alpha value is -2.86. The summed E-state index contributed by atoms with van der Waals surface area (Å²) in [5.41, 5.74) is 1.85. The molecule has 124 valence electrons. The lowest BCUT2D eigenvalue weighted by Gasteiger charge is -2.11. The smallest absolute Gasteiger partial charge is 0.408 e. The van der Waals surface area contributed by atoms with Crippen molar-refractivity contribution in [3.05, 3.63) is 70.7 Å². The Morgan fingerprint density at radius 1 is 1.12 bits per heavy atom. The van der Waals surface area contributed by atoms with Gasteiger partial charge in [-0.25, -0.2) is 4.79 Å². The van der Waals surface area contributed by atoms with Gasteiger partial charge >= 0.3 is 5.76 Å². The molecule has 1 heterocycles. The zero-order valence-electron chi connectivity index (χ0n) is 13.0. The molecule has 0 bridgehead atoms. The fourth-order valence-corrected chi connectivity index (χ4v) is 2.55. The minimum absolute atomic E-state index is 0.114. The van der Waals surface area contributed by atoms with Gasteiger partial charge < -0.3 is 14.8 Å². The third-order valence-electron chi connectivity index (χ3n) is 3.80. The number of amides is 1. The number of nitrogens with zero attached hydrogens (tertiary/aromatic N) is 1. The average molecular weight is 326 g/mol. The number of carbonyl (C=O) groups excluding carboxylic acids is 1. The Kier molecular flexibility index (Phi) is 4.77. The molecule has 2 aromatic carbocycles. The number of aliphatic hydroxyl groups excluding tert-OH is 1. The second kappa shape index (κ2) is 7.14. The van der Waals surface area contributed by atoms with E-state index < -0.39 is 11.9 Å². The first kappa shape index (κ1) is 16.0. The van der Waals surface area contributed by atoms with E-state index in [1.807, 2.05) is 30.3 Å². The molecule has 1 aromatic heterocycles. The highest BCUT2D eigenvalue weighted by molar-refractivity contribution is 5.79. The molecule has 0 aliphatic heterocycles. The Labute approximate surface area is 138 Å². The van der Waals surface area contributed by atoms with Gasteiger partial charge in [0.25, 0.3) is 0 Å². The molecular weight excluding hydrogens is 308 g/mol. The quantitative estimate of drug-likeness (QED) is 0.724. The molecule has 0 aliphatic rings. The zero-order valence-corrected chi connectivity index (χ0v) is 13.0. The number of aromatic nitrogens is 1. The van der Waals surface area contributed by atoms with Gasteiger partial charge in [0.05, 0.1) is 11.6 Å². The van der Waals surface area contributed by atoms with Crippen molar-refractivity contribution >= 4 is 17.0 Å². The lowest BCUT2D eigenvalue weighted by molar-refractivity contribution is -0.121. The van der Waals surface area contributed by atoms with E-state index >= 15 is 0 Å². The van der Waals surface area contributed by atoms with E-state index in [1.54, 1.807) is 24.3 Å². The molecule has 1 unspecified atom stereocenters. The zero-order chi connectivity index (χ0) is 16.9. The summed E-state index contributed by atoms with van der Waals surface area (Å²) in [5, 5.41) is 12.8. The second-order valence-electron chi connectivity index (χ2n) is 5.49. The van der Waals surface area contributed by atoms with Crippen LogP contribution in [0.3, 0.4) is 0 Å². The first-order chi connectivity index (χ1) is 11.6. The molecule has 0 spiro atoms. The van der Waals surface area contributed by atoms with Crippen LogP contribution in [0.25, 0.3) is 11.1 Å². The van der Waals surface area contributed by atoms with Gasteiger partial charge in [0.1, 0.15) is 6.54 Å². The van der Waals surface area contributed by atoms with Gasteiger partial charge in [-0.1, -0.05) is 42.5 Å². The number of nitrogens with one attached hydrogen (secondary N) is 1. The molecule has 0 fully saturated rings. The summed E-state index contributed by atoms with van der Waals surface area (Å²) in [4.78, 5) is 23.8. The van der Waals surface area contributed by atoms with Gasteiger partial charge in [-0.2, -0.15) is 0 Å². The number of aliphatic hydroxyl groups is 1. The Morgan fingerprint density at radius 3 is 2.62 bits per heavy atom. The van der Waals surface area contributed by atoms with Crippen molar-refractivity contribution in [2.75, 3.05) is 6.54 Å². The summed E-state index contributed by atoms with van der Waals surface area (Å²) in [6.45, 7) is 0.205. The van der Waals surface area contributed by atoms with Crippen LogP contribution in [0.2, 0.25) is 0 Å². The molecule has 24 heavy (non-hydrogen) atoms. The van der Waals surface area contributed by atoms with Gasteiger partial charge in [-0.15, -0.1) is 0 Å². The third kappa shape index (κ3) is 3.55. The van der Waals surface area contributed by atoms with Crippen LogP contribution < -0.4 is 11.1 Å². The Balaban J connectivity index is 1.56. The molecular formula is C18H18N2O4. The van der Waals surface area contributed by atoms with E-state index in [0.717, 1.165) is 5.56 Å². The molecule has 0 saturated carbocycles. The lowest BCUT2D eigenvalue weighted by Crippen LogP contribution is -2.32. The van der Waals surface area contributed by atoms with E-state index in [1.165, 1.54) is 4.57 Å². The fraction of sp³-hybridized carbons (Fsp3) is 0.222. The summed E-state index contributed by atoms with van der Waals surface area (Å²) >= 11 is 0. The maximum absolute atomic E-state index is 12.0. The van der Waals surface area contributed by atoms with Crippen LogP contribution in [0.5, 0.6) is 0 Å². The number of para-hydroxylation sites is 2. The number of oxazole rings is 1. The molecule has 1 atom stereocenters. The van der Waals surface area contributed by atoms with Crippen molar-refractivity contribution in [3.8, 4) is 0 Å². The summed E-state index contributed by atoms with van der Waals surface area (Å²) in [6.07, 6.45) is -0.236. The van der Waals surface area contributed by atoms with Gasteiger partial charge in [0.15, 0.2) is 5.58 Å². The van der Waals surface area contributed by atoms with Gasteiger partial charge in [-0.3, -0.25) is 9.36 Å². The van der Waals surface area contributed by atoms with Crippen LogP contribution in [0, 0.1) is 0 Å². The number of benzene rings is 2. The highest BCUT2D eigenvalue weighted by atomic mass is 16.4. The van der Waals surface area contributed by atoms with Crippen molar-refractivity contribution in [1.29, 1.82) is 0 Å². The van der Waals surface area contributed by atoms with Crippen LogP contribution >= 0.6 is 0 Å². The van der Waals surface area contributed by atoms with Crippen molar-refractivity contribution < 1.29 is 14.3 Å². The van der Waals surface area contributed by atoms with E-state index in [4.69, 9.17) is 4.42 Å². The number of rotatable bonds is 6. The van der Waals surface area contributed by atoms with Crippen LogP contribution in [-0.2, 0) is 11.3 Å². The Morgan fingerprint density at radius 2 is 1.83 bits per heavy atom. The maximum Gasteiger partial charge on any atom is 0.420 e. The molecule has 2 N–H and O–H groups in total. The first-order valence-electron chi connectivity index (χ1n) is 7.73. The molecule has 3 rings (SSSR count). The number of hydrogen-bond acceptors (Lipinski definition) is 4. The molecule has 0 saturated heterocycles. The van der Waals surface area contributed by atoms with Crippen LogP contribution in [0.15, 0.2) is 63.8 Å². The topological polar surface area (TPSA) is 84.5 Å². The third-order valence-corrected chi connectivity index (χ3v) is 3.80. The van der Waals surface area contributed by atoms with Crippen LogP contribution in [0.4, 0.5) is 0 Å². The summed E-state index contributed by atoms with van der Waals surface area (Å²) in [6, 6.07) is 16.2. The summed E-state index contributed by atoms with van der Waals surface area (Å²) < 4.78 is 6.38. The molecule has 6 heteroatoms. The highest BCUT2D eigenvalue weighted by Gasteiger charge is 2.13. The summed E-state index contributed by atoms with van der Waals surface area (Å²) in [5.74, 6) is -0.861. The van der Waals surface area contributed by atoms with E-state index in [-0.39, 0.29) is 12.5 Å². The first-order valence-corrected chi connectivity index (χ1v) is 7.73. The normalized spacial score (nSPS) is 12.2. The van der Waals surface area contributed by atoms with Crippen LogP contribution in [-0.4, -0.2) is 22.1 Å². The maximum atomic E-state index is 12.0. The molecule has 6 nitrogen and oxygen atoms in total. The average Bonchev–Trinajstić information content (AvgIpc) is 2.91. The van der Waals surface area contributed by atoms with Crippen molar-refractivity contribution in [2.24, 2.45) is 0 Å². The number of carbonyl (C=O) groups is 1. The van der Waals surface area contributed by atoms with E-state index in [2.05, 4.69) is 5.32 Å². The van der Waals surface area contributed by atoms with Gasteiger partial charge in [0.2, 0.25) is 5.91 Å². The lowest BCUT2D eigenvalue weighted by atomic mass is 10.1. The minimum Gasteiger partial charge on any atom is -0.408 e. The van der Waals surface area contributed by atoms with E-state index in [9.17, 15) is 14.7 Å². The van der Waals surface area contributed by atoms with Crippen molar-refractivity contribution in [1.82, 2.24) is 9.88 Å². The standard InChI is InChI=1S/C18H18N2O4/c21-15(13-6-2-1-3-7-13)10-11-19-17(22)12-20-14-8-4-5-9-16(14)24-18(20)23/h1-9,15,21H,10-12H2,(H,19,22). The highest BCUT2D eigenvalue weighted by Crippen LogP contribution is 2.15. The van der Waals surface area contributed by atoms with E-state index in [0.29, 0.717) is 24.1 Å². The molecule has 0 radical (unpaired) electrons. The predicted molar refractivity (Wildman–Crippen MR) is 89.5 cm³/mol. The molecule has 0 aliphatic carbocycles. The number of hydrogen-bond donors (Lipinski definition) is 2. The van der Waals surface area contributed by atoms with Crippen molar-refractivity contribution in [2.45, 2.75) is 19.1 Å². The summed E-state index contributed by atoms with van der Waals surface area (Å²) in [7, 11) is 0. The fourth-order valence-electron chi connectivity index (χ4n) is 2.55. The van der Waals surface area contributed by atoms with Gasteiger partial charge in [0, 0.05) is 6.54 Å². The SMILES string of the molecule is O=C(Cn1c(=O)oc2ccccc21)NCCC(O)c1ccccc1. The Bertz CT molecular complexity index is 883. The number of fused-ring (bicyclic) bond motifs is 1. The van der Waals surface area contributed by atoms with Gasteiger partial charge in [-0.05, 0) is 24.1 Å². The van der Waals surface area contributed by atoms with Crippen molar-refractivity contribution in [3.63, 3.8) is 0 Å². The largest absolute Gasteiger partial charge is 0.420 e. The second-order valence-corrected chi connectivity index (χ2v) is 5.49. The van der Waals surface area contributed by atoms with Crippen LogP contribution in [0.1, 0.15) is 18.1 Å². The minimum atomic E-state index is -0.635. The monoisotopic (exact) mass is 326 g/mol.